The molecule has 1 heterocycles. The lowest BCUT2D eigenvalue weighted by molar-refractivity contribution is -0.147. The van der Waals surface area contributed by atoms with E-state index >= 15 is 0 Å². The first-order chi connectivity index (χ1) is 14.4. The van der Waals surface area contributed by atoms with Crippen LogP contribution in [-0.4, -0.2) is 64.2 Å². The van der Waals surface area contributed by atoms with E-state index in [-0.39, 0.29) is 0 Å². The molecule has 1 aliphatic heterocycles. The van der Waals surface area contributed by atoms with Gasteiger partial charge >= 0.3 is 11.9 Å². The summed E-state index contributed by atoms with van der Waals surface area (Å²) in [5.41, 5.74) is 6.56. The molecule has 4 atom stereocenters. The predicted molar refractivity (Wildman–Crippen MR) is 116 cm³/mol. The Morgan fingerprint density at radius 2 is 1.83 bits per heavy atom. The molecule has 1 aromatic carbocycles. The maximum Gasteiger partial charge on any atom is 0.320 e. The highest BCUT2D eigenvalue weighted by atomic mass is 32.2. The van der Waals surface area contributed by atoms with E-state index in [1.54, 1.807) is 0 Å². The minimum atomic E-state index is -1.23. The van der Waals surface area contributed by atoms with Gasteiger partial charge in [0.2, 0.25) is 0 Å². The van der Waals surface area contributed by atoms with Crippen LogP contribution in [0, 0.1) is 5.92 Å². The Kier molecular flexibility index (Phi) is 10.3. The second-order valence-corrected chi connectivity index (χ2v) is 8.63. The van der Waals surface area contributed by atoms with Gasteiger partial charge in [0.25, 0.3) is 0 Å². The highest BCUT2D eigenvalue weighted by Crippen LogP contribution is 2.25. The van der Waals surface area contributed by atoms with Crippen LogP contribution in [0.4, 0.5) is 0 Å². The molecule has 1 saturated heterocycles. The number of nitrogens with two attached hydrogens (primary N) is 1. The number of rotatable bonds is 14. The Labute approximate surface area is 181 Å². The number of carbonyl (C=O) groups is 3. The zero-order chi connectivity index (χ0) is 21.9. The Balaban J connectivity index is 2.12. The maximum absolute atomic E-state index is 13.2. The number of carboxylic acids is 2. The molecular weight excluding hydrogens is 406 g/mol. The molecule has 30 heavy (non-hydrogen) atoms. The van der Waals surface area contributed by atoms with Crippen LogP contribution < -0.4 is 16.4 Å². The summed E-state index contributed by atoms with van der Waals surface area (Å²) in [6, 6.07) is 7.72. The molecule has 0 radical (unpaired) electrons. The number of unbranched alkanes of at least 4 members (excludes halogenated alkanes) is 1. The zero-order valence-corrected chi connectivity index (χ0v) is 17.8. The number of thioether (sulfide) groups is 1. The van der Waals surface area contributed by atoms with Crippen molar-refractivity contribution in [1.29, 1.82) is 0 Å². The molecule has 1 aliphatic rings. The van der Waals surface area contributed by atoms with Crippen molar-refractivity contribution in [2.24, 2.45) is 11.7 Å². The fraction of sp³-hybridized carbons (Fsp3) is 0.571. The highest BCUT2D eigenvalue weighted by Gasteiger charge is 2.41. The molecule has 1 unspecified atom stereocenters. The van der Waals surface area contributed by atoms with Gasteiger partial charge in [0.05, 0.1) is 11.4 Å². The minimum absolute atomic E-state index is 0.300. The van der Waals surface area contributed by atoms with E-state index in [9.17, 15) is 24.6 Å². The van der Waals surface area contributed by atoms with E-state index in [0.29, 0.717) is 45.2 Å². The predicted octanol–water partition coefficient (Wildman–Crippen LogP) is 1.09. The summed E-state index contributed by atoms with van der Waals surface area (Å²) < 4.78 is 0. The number of benzene rings is 1. The number of aryl methyl sites for hydroxylation is 1. The number of hydrogen-bond donors (Lipinski definition) is 5. The van der Waals surface area contributed by atoms with Gasteiger partial charge in [0, 0.05) is 12.3 Å². The molecule has 6 N–H and O–H groups in total. The van der Waals surface area contributed by atoms with Crippen molar-refractivity contribution < 1.29 is 24.6 Å². The summed E-state index contributed by atoms with van der Waals surface area (Å²) >= 11 is 1.41. The number of hydrogen-bond acceptors (Lipinski definition) is 7. The van der Waals surface area contributed by atoms with E-state index in [1.807, 2.05) is 30.3 Å². The van der Waals surface area contributed by atoms with Gasteiger partial charge in [-0.3, -0.25) is 19.7 Å². The lowest BCUT2D eigenvalue weighted by Crippen LogP contribution is -2.53. The Morgan fingerprint density at radius 3 is 2.40 bits per heavy atom. The topological polar surface area (TPSA) is 142 Å². The number of ketones is 1. The van der Waals surface area contributed by atoms with Crippen molar-refractivity contribution in [1.82, 2.24) is 10.6 Å². The molecule has 8 nitrogen and oxygen atoms in total. The van der Waals surface area contributed by atoms with Crippen LogP contribution in [0.15, 0.2) is 30.3 Å². The van der Waals surface area contributed by atoms with Gasteiger partial charge in [-0.15, -0.1) is 11.8 Å². The summed E-state index contributed by atoms with van der Waals surface area (Å²) in [4.78, 5) is 36.9. The fourth-order valence-corrected chi connectivity index (χ4v) is 4.72. The van der Waals surface area contributed by atoms with Crippen molar-refractivity contribution in [3.63, 3.8) is 0 Å². The third kappa shape index (κ3) is 7.39. The summed E-state index contributed by atoms with van der Waals surface area (Å²) in [6.45, 7) is 1.10. The van der Waals surface area contributed by atoms with Gasteiger partial charge in [-0.05, 0) is 37.8 Å². The normalized spacial score (nSPS) is 19.2. The molecule has 1 aromatic rings. The molecule has 0 saturated carbocycles. The average molecular weight is 438 g/mol. The van der Waals surface area contributed by atoms with E-state index in [4.69, 9.17) is 5.73 Å². The van der Waals surface area contributed by atoms with E-state index < -0.39 is 41.1 Å². The zero-order valence-electron chi connectivity index (χ0n) is 17.0. The smallest absolute Gasteiger partial charge is 0.320 e. The fourth-order valence-electron chi connectivity index (χ4n) is 3.55. The summed E-state index contributed by atoms with van der Waals surface area (Å²) in [5, 5.41) is 24.9. The van der Waals surface area contributed by atoms with E-state index in [1.165, 1.54) is 11.8 Å². The van der Waals surface area contributed by atoms with E-state index in [0.717, 1.165) is 11.3 Å². The maximum atomic E-state index is 13.2. The first kappa shape index (κ1) is 24.3. The van der Waals surface area contributed by atoms with Gasteiger partial charge in [-0.2, -0.15) is 0 Å². The Morgan fingerprint density at radius 1 is 1.10 bits per heavy atom. The second-order valence-electron chi connectivity index (χ2n) is 7.38. The molecular formula is C21H31N3O5S. The molecule has 1 fully saturated rings. The molecule has 9 heteroatoms. The van der Waals surface area contributed by atoms with Crippen molar-refractivity contribution in [2.45, 2.75) is 49.6 Å². The van der Waals surface area contributed by atoms with Gasteiger partial charge in [0.1, 0.15) is 12.0 Å². The number of carboxylic acid groups (broad SMARTS) is 2. The van der Waals surface area contributed by atoms with Crippen molar-refractivity contribution in [3.05, 3.63) is 35.9 Å². The average Bonchev–Trinajstić information content (AvgIpc) is 3.24. The van der Waals surface area contributed by atoms with Crippen molar-refractivity contribution in [2.75, 3.05) is 18.8 Å². The van der Waals surface area contributed by atoms with Crippen molar-refractivity contribution in [3.8, 4) is 0 Å². The lowest BCUT2D eigenvalue weighted by atomic mass is 9.92. The van der Waals surface area contributed by atoms with Crippen LogP contribution in [0.3, 0.4) is 0 Å². The second kappa shape index (κ2) is 12.7. The van der Waals surface area contributed by atoms with Crippen LogP contribution in [0.2, 0.25) is 0 Å². The Bertz CT molecular complexity index is 697. The quantitative estimate of drug-likeness (QED) is 0.213. The summed E-state index contributed by atoms with van der Waals surface area (Å²) in [7, 11) is 0. The SMILES string of the molecule is NCCCC[C@H](N[C@@H](CCc1ccccc1)C(=O)O)C(=O)[C@@H](C(=O)O)C1NCCS1. The molecule has 2 rings (SSSR count). The first-order valence-corrected chi connectivity index (χ1v) is 11.3. The summed E-state index contributed by atoms with van der Waals surface area (Å²) in [6.07, 6.45) is 2.49. The van der Waals surface area contributed by atoms with Crippen LogP contribution in [-0.2, 0) is 20.8 Å². The van der Waals surface area contributed by atoms with Gasteiger partial charge in [-0.1, -0.05) is 36.8 Å². The number of aliphatic carboxylic acids is 2. The molecule has 0 aromatic heterocycles. The summed E-state index contributed by atoms with van der Waals surface area (Å²) in [5.74, 6) is -3.20. The minimum Gasteiger partial charge on any atom is -0.481 e. The van der Waals surface area contributed by atoms with Gasteiger partial charge < -0.3 is 21.3 Å². The van der Waals surface area contributed by atoms with Crippen molar-refractivity contribution >= 4 is 29.5 Å². The van der Waals surface area contributed by atoms with E-state index in [2.05, 4.69) is 10.6 Å². The van der Waals surface area contributed by atoms with Crippen LogP contribution in [0.1, 0.15) is 31.2 Å². The number of Topliss-reactive ketones (excluding diaryl/α,β-unsaturated/α-hetero) is 1. The molecule has 0 amide bonds. The number of nitrogens with one attached hydrogen (secondary N) is 2. The highest BCUT2D eigenvalue weighted by molar-refractivity contribution is 8.00. The number of carbonyl (C=O) groups excluding carboxylic acids is 1. The molecule has 0 bridgehead atoms. The van der Waals surface area contributed by atoms with Crippen LogP contribution in [0.25, 0.3) is 0 Å². The standard InChI is InChI=1S/C21H31N3O5S/c22-11-5-4-8-15(18(25)17(21(28)29)19-23-12-13-30-19)24-16(20(26)27)10-9-14-6-2-1-3-7-14/h1-3,6-7,15-17,19,23-24H,4-5,8-13,22H2,(H,26,27)(H,28,29)/t15-,16-,17+,19?/m0/s1. The molecule has 0 aliphatic carbocycles. The van der Waals surface area contributed by atoms with Gasteiger partial charge in [-0.25, -0.2) is 0 Å². The van der Waals surface area contributed by atoms with Crippen LogP contribution >= 0.6 is 11.8 Å². The monoisotopic (exact) mass is 437 g/mol. The molecule has 166 valence electrons. The third-order valence-corrected chi connectivity index (χ3v) is 6.41. The lowest BCUT2D eigenvalue weighted by Gasteiger charge is -2.27. The first-order valence-electron chi connectivity index (χ1n) is 10.3. The Hall–Kier alpha value is -1.94. The largest absolute Gasteiger partial charge is 0.481 e. The van der Waals surface area contributed by atoms with Gasteiger partial charge in [0.15, 0.2) is 5.78 Å². The molecule has 0 spiro atoms. The third-order valence-electron chi connectivity index (χ3n) is 5.18. The van der Waals surface area contributed by atoms with Crippen LogP contribution in [0.5, 0.6) is 0 Å².